The molecule has 0 fully saturated rings. The van der Waals surface area contributed by atoms with Crippen LogP contribution in [0, 0.1) is 3.57 Å². The summed E-state index contributed by atoms with van der Waals surface area (Å²) >= 11 is 8.95. The molecule has 2 nitrogen and oxygen atoms in total. The SMILES string of the molecule is COc1ccc(C(=O)c2cc(Br)ccc2I)cc1Br. The summed E-state index contributed by atoms with van der Waals surface area (Å²) in [5, 5.41) is 0. The van der Waals surface area contributed by atoms with Gasteiger partial charge in [0.05, 0.1) is 11.6 Å². The minimum Gasteiger partial charge on any atom is -0.496 e. The molecule has 0 heterocycles. The third-order valence-electron chi connectivity index (χ3n) is 2.59. The van der Waals surface area contributed by atoms with E-state index in [0.29, 0.717) is 16.9 Å². The Bertz CT molecular complexity index is 641. The summed E-state index contributed by atoms with van der Waals surface area (Å²) in [6, 6.07) is 11.0. The van der Waals surface area contributed by atoms with Crippen molar-refractivity contribution in [1.82, 2.24) is 0 Å². The normalized spacial score (nSPS) is 10.3. The van der Waals surface area contributed by atoms with Gasteiger partial charge < -0.3 is 4.74 Å². The molecule has 0 amide bonds. The number of methoxy groups -OCH3 is 1. The topological polar surface area (TPSA) is 26.3 Å². The van der Waals surface area contributed by atoms with E-state index in [0.717, 1.165) is 12.5 Å². The van der Waals surface area contributed by atoms with Gasteiger partial charge in [0.15, 0.2) is 5.78 Å². The van der Waals surface area contributed by atoms with Crippen molar-refractivity contribution in [3.8, 4) is 5.75 Å². The summed E-state index contributed by atoms with van der Waals surface area (Å²) in [4.78, 5) is 12.5. The predicted molar refractivity (Wildman–Crippen MR) is 91.0 cm³/mol. The monoisotopic (exact) mass is 494 g/mol. The van der Waals surface area contributed by atoms with Gasteiger partial charge in [-0.3, -0.25) is 4.79 Å². The maximum Gasteiger partial charge on any atom is 0.194 e. The van der Waals surface area contributed by atoms with Gasteiger partial charge in [-0.25, -0.2) is 0 Å². The molecule has 19 heavy (non-hydrogen) atoms. The lowest BCUT2D eigenvalue weighted by Gasteiger charge is -2.07. The number of hydrogen-bond acceptors (Lipinski definition) is 2. The van der Waals surface area contributed by atoms with Gasteiger partial charge in [0.2, 0.25) is 0 Å². The maximum atomic E-state index is 12.5. The molecule has 0 aliphatic carbocycles. The van der Waals surface area contributed by atoms with Gasteiger partial charge >= 0.3 is 0 Å². The highest BCUT2D eigenvalue weighted by molar-refractivity contribution is 14.1. The van der Waals surface area contributed by atoms with E-state index in [2.05, 4.69) is 54.5 Å². The van der Waals surface area contributed by atoms with Crippen LogP contribution in [0.1, 0.15) is 15.9 Å². The predicted octanol–water partition coefficient (Wildman–Crippen LogP) is 5.06. The molecule has 0 unspecified atom stereocenters. The molecule has 2 aromatic rings. The molecule has 0 saturated heterocycles. The van der Waals surface area contributed by atoms with Crippen molar-refractivity contribution in [3.63, 3.8) is 0 Å². The highest BCUT2D eigenvalue weighted by atomic mass is 127. The number of ketones is 1. The van der Waals surface area contributed by atoms with Gasteiger partial charge in [0, 0.05) is 19.2 Å². The van der Waals surface area contributed by atoms with Crippen LogP contribution in [0.3, 0.4) is 0 Å². The lowest BCUT2D eigenvalue weighted by molar-refractivity contribution is 0.103. The first-order chi connectivity index (χ1) is 9.02. The van der Waals surface area contributed by atoms with Crippen LogP contribution in [0.25, 0.3) is 0 Å². The smallest absolute Gasteiger partial charge is 0.194 e. The highest BCUT2D eigenvalue weighted by Gasteiger charge is 2.14. The number of hydrogen-bond donors (Lipinski definition) is 0. The molecule has 5 heteroatoms. The van der Waals surface area contributed by atoms with Gasteiger partial charge in [-0.2, -0.15) is 0 Å². The van der Waals surface area contributed by atoms with E-state index in [9.17, 15) is 4.79 Å². The fourth-order valence-electron chi connectivity index (χ4n) is 1.63. The van der Waals surface area contributed by atoms with E-state index in [1.54, 1.807) is 25.3 Å². The van der Waals surface area contributed by atoms with Gasteiger partial charge in [-0.05, 0) is 74.9 Å². The van der Waals surface area contributed by atoms with E-state index < -0.39 is 0 Å². The number of halogens is 3. The van der Waals surface area contributed by atoms with Crippen molar-refractivity contribution in [3.05, 3.63) is 60.0 Å². The van der Waals surface area contributed by atoms with E-state index in [1.807, 2.05) is 18.2 Å². The molecule has 0 radical (unpaired) electrons. The van der Waals surface area contributed by atoms with Crippen LogP contribution in [-0.2, 0) is 0 Å². The largest absolute Gasteiger partial charge is 0.496 e. The van der Waals surface area contributed by atoms with Gasteiger partial charge in [-0.15, -0.1) is 0 Å². The Kier molecular flexibility index (Phi) is 5.03. The fourth-order valence-corrected chi connectivity index (χ4v) is 3.12. The second kappa shape index (κ2) is 6.37. The number of rotatable bonds is 3. The lowest BCUT2D eigenvalue weighted by atomic mass is 10.0. The van der Waals surface area contributed by atoms with Crippen LogP contribution in [0.2, 0.25) is 0 Å². The molecule has 98 valence electrons. The Hall–Kier alpha value is -0.400. The van der Waals surface area contributed by atoms with E-state index in [4.69, 9.17) is 4.74 Å². The maximum absolute atomic E-state index is 12.5. The number of carbonyl (C=O) groups is 1. The van der Waals surface area contributed by atoms with Crippen LogP contribution < -0.4 is 4.74 Å². The summed E-state index contributed by atoms with van der Waals surface area (Å²) in [5.74, 6) is 0.703. The summed E-state index contributed by atoms with van der Waals surface area (Å²) < 4.78 is 7.75. The van der Waals surface area contributed by atoms with Crippen molar-refractivity contribution in [2.24, 2.45) is 0 Å². The van der Waals surface area contributed by atoms with Crippen molar-refractivity contribution in [1.29, 1.82) is 0 Å². The Morgan fingerprint density at radius 3 is 2.53 bits per heavy atom. The van der Waals surface area contributed by atoms with Gasteiger partial charge in [0.1, 0.15) is 5.75 Å². The molecule has 0 saturated carbocycles. The second-order valence-corrected chi connectivity index (χ2v) is 6.73. The molecule has 0 atom stereocenters. The third kappa shape index (κ3) is 3.38. The van der Waals surface area contributed by atoms with E-state index >= 15 is 0 Å². The van der Waals surface area contributed by atoms with Crippen LogP contribution >= 0.6 is 54.5 Å². The molecule has 2 aromatic carbocycles. The van der Waals surface area contributed by atoms with E-state index in [-0.39, 0.29) is 5.78 Å². The van der Waals surface area contributed by atoms with Crippen molar-refractivity contribution < 1.29 is 9.53 Å². The minimum absolute atomic E-state index is 0.00551. The Labute approximate surface area is 141 Å². The molecular formula is C14H9Br2IO2. The van der Waals surface area contributed by atoms with Crippen molar-refractivity contribution in [2.75, 3.05) is 7.11 Å². The fraction of sp³-hybridized carbons (Fsp3) is 0.0714. The summed E-state index contributed by atoms with van der Waals surface area (Å²) in [6.07, 6.45) is 0. The summed E-state index contributed by atoms with van der Waals surface area (Å²) in [7, 11) is 1.60. The molecule has 2 rings (SSSR count). The highest BCUT2D eigenvalue weighted by Crippen LogP contribution is 2.28. The molecule has 0 bridgehead atoms. The molecule has 0 N–H and O–H groups in total. The molecule has 0 aliphatic heterocycles. The van der Waals surface area contributed by atoms with Crippen molar-refractivity contribution in [2.45, 2.75) is 0 Å². The van der Waals surface area contributed by atoms with Crippen LogP contribution in [-0.4, -0.2) is 12.9 Å². The lowest BCUT2D eigenvalue weighted by Crippen LogP contribution is -2.04. The average molecular weight is 496 g/mol. The second-order valence-electron chi connectivity index (χ2n) is 3.80. The zero-order chi connectivity index (χ0) is 14.0. The zero-order valence-corrected chi connectivity index (χ0v) is 15.2. The minimum atomic E-state index is -0.00551. The molecule has 0 aliphatic rings. The number of ether oxygens (including phenoxy) is 1. The summed E-state index contributed by atoms with van der Waals surface area (Å²) in [5.41, 5.74) is 1.32. The van der Waals surface area contributed by atoms with E-state index in [1.165, 1.54) is 0 Å². The molecule has 0 aromatic heterocycles. The van der Waals surface area contributed by atoms with Crippen LogP contribution in [0.15, 0.2) is 45.3 Å². The molecule has 0 spiro atoms. The Balaban J connectivity index is 2.44. The first-order valence-electron chi connectivity index (χ1n) is 5.36. The Morgan fingerprint density at radius 1 is 1.16 bits per heavy atom. The quantitative estimate of drug-likeness (QED) is 0.440. The Morgan fingerprint density at radius 2 is 1.89 bits per heavy atom. The van der Waals surface area contributed by atoms with Crippen LogP contribution in [0.5, 0.6) is 5.75 Å². The van der Waals surface area contributed by atoms with Crippen LogP contribution in [0.4, 0.5) is 0 Å². The first-order valence-corrected chi connectivity index (χ1v) is 8.02. The van der Waals surface area contributed by atoms with Gasteiger partial charge in [0.25, 0.3) is 0 Å². The number of carbonyl (C=O) groups excluding carboxylic acids is 1. The zero-order valence-electron chi connectivity index (χ0n) is 9.91. The van der Waals surface area contributed by atoms with Crippen molar-refractivity contribution >= 4 is 60.2 Å². The standard InChI is InChI=1S/C14H9Br2IO2/c1-19-13-5-2-8(6-11(13)16)14(18)10-7-9(15)3-4-12(10)17/h2-7H,1H3. The molecular weight excluding hydrogens is 487 g/mol. The van der Waals surface area contributed by atoms with Gasteiger partial charge in [-0.1, -0.05) is 15.9 Å². The first kappa shape index (κ1) is 15.0. The summed E-state index contributed by atoms with van der Waals surface area (Å²) in [6.45, 7) is 0. The third-order valence-corrected chi connectivity index (χ3v) is 4.64. The number of benzene rings is 2. The average Bonchev–Trinajstić information content (AvgIpc) is 2.40.